The van der Waals surface area contributed by atoms with Gasteiger partial charge in [-0.1, -0.05) is 6.07 Å². The first kappa shape index (κ1) is 14.1. The number of nitrogens with zero attached hydrogens (tertiary/aromatic N) is 2. The maximum absolute atomic E-state index is 13.7. The van der Waals surface area contributed by atoms with Gasteiger partial charge in [0.05, 0.1) is 12.1 Å². The molecule has 0 saturated carbocycles. The zero-order valence-electron chi connectivity index (χ0n) is 11.0. The second-order valence-corrected chi connectivity index (χ2v) is 6.06. The van der Waals surface area contributed by atoms with Gasteiger partial charge in [-0.25, -0.2) is 4.39 Å². The van der Waals surface area contributed by atoms with E-state index in [0.29, 0.717) is 16.9 Å². The summed E-state index contributed by atoms with van der Waals surface area (Å²) in [5.41, 5.74) is 0.240. The van der Waals surface area contributed by atoms with E-state index < -0.39 is 5.82 Å². The van der Waals surface area contributed by atoms with E-state index in [1.165, 1.54) is 6.07 Å². The minimum atomic E-state index is -0.395. The molecule has 0 aliphatic rings. The van der Waals surface area contributed by atoms with E-state index in [9.17, 15) is 4.39 Å². The molecule has 0 aliphatic carbocycles. The molecule has 2 aromatic rings. The normalized spacial score (nSPS) is 11.8. The molecule has 0 unspecified atom stereocenters. The molecule has 0 spiro atoms. The molecule has 19 heavy (non-hydrogen) atoms. The quantitative estimate of drug-likeness (QED) is 0.936. The van der Waals surface area contributed by atoms with E-state index in [0.717, 1.165) is 0 Å². The lowest BCUT2D eigenvalue weighted by Gasteiger charge is -2.18. The predicted molar refractivity (Wildman–Crippen MR) is 74.0 cm³/mol. The second kappa shape index (κ2) is 5.38. The first-order valence-corrected chi connectivity index (χ1v) is 6.68. The van der Waals surface area contributed by atoms with Gasteiger partial charge in [0, 0.05) is 10.0 Å². The molecule has 1 heterocycles. The van der Waals surface area contributed by atoms with Gasteiger partial charge in [-0.3, -0.25) is 0 Å². The Labute approximate surface area is 119 Å². The van der Waals surface area contributed by atoms with Gasteiger partial charge in [0.1, 0.15) is 5.82 Å². The Balaban J connectivity index is 2.22. The fourth-order valence-electron chi connectivity index (χ4n) is 1.47. The van der Waals surface area contributed by atoms with Gasteiger partial charge in [-0.15, -0.1) is 10.2 Å². The Bertz CT molecular complexity index is 557. The highest BCUT2D eigenvalue weighted by Gasteiger charge is 2.17. The van der Waals surface area contributed by atoms with Crippen LogP contribution >= 0.6 is 15.9 Å². The van der Waals surface area contributed by atoms with Crippen molar-refractivity contribution in [3.05, 3.63) is 34.4 Å². The van der Waals surface area contributed by atoms with Crippen molar-refractivity contribution in [1.29, 1.82) is 0 Å². The van der Waals surface area contributed by atoms with Crippen LogP contribution in [0.3, 0.4) is 0 Å². The highest BCUT2D eigenvalue weighted by Crippen LogP contribution is 2.29. The molecule has 0 radical (unpaired) electrons. The lowest BCUT2D eigenvalue weighted by atomic mass is 10.1. The number of hydrogen-bond acceptors (Lipinski definition) is 4. The number of benzene rings is 1. The largest absolute Gasteiger partial charge is 0.419 e. The molecule has 0 atom stereocenters. The van der Waals surface area contributed by atoms with Gasteiger partial charge >= 0.3 is 0 Å². The van der Waals surface area contributed by atoms with Crippen molar-refractivity contribution < 1.29 is 8.81 Å². The molecular formula is C13H15BrFN3O. The highest BCUT2D eigenvalue weighted by molar-refractivity contribution is 9.10. The number of aromatic nitrogens is 2. The van der Waals surface area contributed by atoms with Crippen LogP contribution in [0.5, 0.6) is 0 Å². The average molecular weight is 328 g/mol. The monoisotopic (exact) mass is 327 g/mol. The first-order valence-electron chi connectivity index (χ1n) is 5.88. The van der Waals surface area contributed by atoms with E-state index in [4.69, 9.17) is 4.42 Å². The molecule has 1 N–H and O–H groups in total. The van der Waals surface area contributed by atoms with E-state index >= 15 is 0 Å². The van der Waals surface area contributed by atoms with Crippen molar-refractivity contribution >= 4 is 15.9 Å². The predicted octanol–water partition coefficient (Wildman–Crippen LogP) is 3.53. The third kappa shape index (κ3) is 3.61. The summed E-state index contributed by atoms with van der Waals surface area (Å²) in [7, 11) is 0. The molecule has 0 fully saturated rings. The number of halogens is 2. The van der Waals surface area contributed by atoms with Gasteiger partial charge in [0.2, 0.25) is 5.89 Å². The minimum absolute atomic E-state index is 0.0484. The zero-order valence-corrected chi connectivity index (χ0v) is 12.6. The van der Waals surface area contributed by atoms with Crippen LogP contribution < -0.4 is 5.32 Å². The standard InChI is InChI=1S/C13H15BrFN3O/c1-13(2,3)16-7-10-17-18-12(19-10)11-8(14)5-4-6-9(11)15/h4-6,16H,7H2,1-3H3. The Hall–Kier alpha value is -1.27. The van der Waals surface area contributed by atoms with Crippen LogP contribution in [0.25, 0.3) is 11.5 Å². The van der Waals surface area contributed by atoms with Crippen LogP contribution in [-0.2, 0) is 6.54 Å². The molecule has 6 heteroatoms. The van der Waals surface area contributed by atoms with E-state index in [1.807, 2.05) is 20.8 Å². The first-order chi connectivity index (χ1) is 8.87. The number of hydrogen-bond donors (Lipinski definition) is 1. The van der Waals surface area contributed by atoms with Crippen molar-refractivity contribution in [2.75, 3.05) is 0 Å². The molecule has 1 aromatic heterocycles. The van der Waals surface area contributed by atoms with Crippen molar-refractivity contribution in [3.8, 4) is 11.5 Å². The Morgan fingerprint density at radius 3 is 2.68 bits per heavy atom. The van der Waals surface area contributed by atoms with Gasteiger partial charge in [-0.2, -0.15) is 0 Å². The molecule has 0 aliphatic heterocycles. The lowest BCUT2D eigenvalue weighted by Crippen LogP contribution is -2.35. The van der Waals surface area contributed by atoms with Crippen LogP contribution in [0.15, 0.2) is 27.1 Å². The van der Waals surface area contributed by atoms with Gasteiger partial charge in [-0.05, 0) is 48.8 Å². The van der Waals surface area contributed by atoms with Gasteiger partial charge in [0.25, 0.3) is 5.89 Å². The average Bonchev–Trinajstić information content (AvgIpc) is 2.74. The van der Waals surface area contributed by atoms with Crippen LogP contribution in [0.1, 0.15) is 26.7 Å². The summed E-state index contributed by atoms with van der Waals surface area (Å²) < 4.78 is 19.8. The smallest absolute Gasteiger partial charge is 0.251 e. The van der Waals surface area contributed by atoms with E-state index in [1.54, 1.807) is 12.1 Å². The summed E-state index contributed by atoms with van der Waals surface area (Å²) in [4.78, 5) is 0. The highest BCUT2D eigenvalue weighted by atomic mass is 79.9. The maximum Gasteiger partial charge on any atom is 0.251 e. The molecule has 0 bridgehead atoms. The molecular weight excluding hydrogens is 313 g/mol. The van der Waals surface area contributed by atoms with E-state index in [2.05, 4.69) is 31.4 Å². The number of rotatable bonds is 3. The molecule has 2 rings (SSSR count). The second-order valence-electron chi connectivity index (χ2n) is 5.20. The minimum Gasteiger partial charge on any atom is -0.419 e. The number of nitrogens with one attached hydrogen (secondary N) is 1. The summed E-state index contributed by atoms with van der Waals surface area (Å²) in [5, 5.41) is 11.0. The molecule has 0 amide bonds. The van der Waals surface area contributed by atoms with Crippen LogP contribution in [-0.4, -0.2) is 15.7 Å². The van der Waals surface area contributed by atoms with Crippen LogP contribution in [0.4, 0.5) is 4.39 Å². The SMILES string of the molecule is CC(C)(C)NCc1nnc(-c2c(F)cccc2Br)o1. The third-order valence-electron chi connectivity index (χ3n) is 2.41. The Kier molecular flexibility index (Phi) is 4.01. The fourth-order valence-corrected chi connectivity index (χ4v) is 1.98. The summed E-state index contributed by atoms with van der Waals surface area (Å²) in [6.07, 6.45) is 0. The van der Waals surface area contributed by atoms with Crippen LogP contribution in [0, 0.1) is 5.82 Å². The maximum atomic E-state index is 13.7. The molecule has 4 nitrogen and oxygen atoms in total. The zero-order chi connectivity index (χ0) is 14.0. The lowest BCUT2D eigenvalue weighted by molar-refractivity contribution is 0.383. The molecule has 1 aromatic carbocycles. The summed E-state index contributed by atoms with van der Waals surface area (Å²) >= 11 is 3.28. The van der Waals surface area contributed by atoms with Crippen LogP contribution in [0.2, 0.25) is 0 Å². The molecule has 0 saturated heterocycles. The van der Waals surface area contributed by atoms with E-state index in [-0.39, 0.29) is 17.0 Å². The van der Waals surface area contributed by atoms with Crippen molar-refractivity contribution in [2.45, 2.75) is 32.9 Å². The summed E-state index contributed by atoms with van der Waals surface area (Å²) in [5.74, 6) is 0.212. The van der Waals surface area contributed by atoms with Crippen molar-refractivity contribution in [3.63, 3.8) is 0 Å². The van der Waals surface area contributed by atoms with Crippen molar-refractivity contribution in [2.24, 2.45) is 0 Å². The van der Waals surface area contributed by atoms with Crippen molar-refractivity contribution in [1.82, 2.24) is 15.5 Å². The Morgan fingerprint density at radius 2 is 2.05 bits per heavy atom. The third-order valence-corrected chi connectivity index (χ3v) is 3.07. The fraction of sp³-hybridized carbons (Fsp3) is 0.385. The van der Waals surface area contributed by atoms with Gasteiger partial charge in [0.15, 0.2) is 0 Å². The summed E-state index contributed by atoms with van der Waals surface area (Å²) in [6.45, 7) is 6.57. The van der Waals surface area contributed by atoms with Gasteiger partial charge < -0.3 is 9.73 Å². The Morgan fingerprint density at radius 1 is 1.32 bits per heavy atom. The molecule has 102 valence electrons. The topological polar surface area (TPSA) is 51.0 Å². The summed E-state index contributed by atoms with van der Waals surface area (Å²) in [6, 6.07) is 4.70.